The first-order chi connectivity index (χ1) is 13.2. The fraction of sp³-hybridized carbons (Fsp3) is 0.381. The molecule has 146 valence electrons. The molecule has 0 saturated carbocycles. The van der Waals surface area contributed by atoms with Crippen molar-refractivity contribution in [2.75, 3.05) is 34.4 Å². The third-order valence-corrected chi connectivity index (χ3v) is 4.03. The van der Waals surface area contributed by atoms with Gasteiger partial charge in [-0.2, -0.15) is 0 Å². The maximum Gasteiger partial charge on any atom is 0.191 e. The predicted octanol–water partition coefficient (Wildman–Crippen LogP) is 2.98. The number of nitrogens with one attached hydrogen (secondary N) is 2. The molecule has 0 spiro atoms. The summed E-state index contributed by atoms with van der Waals surface area (Å²) in [7, 11) is 5.10. The van der Waals surface area contributed by atoms with E-state index < -0.39 is 0 Å². The van der Waals surface area contributed by atoms with Gasteiger partial charge in [-0.05, 0) is 41.8 Å². The average Bonchev–Trinajstić information content (AvgIpc) is 2.73. The quantitative estimate of drug-likeness (QED) is 0.382. The van der Waals surface area contributed by atoms with E-state index in [1.54, 1.807) is 21.3 Å². The minimum absolute atomic E-state index is 0.606. The number of methoxy groups -OCH3 is 2. The molecule has 2 aromatic rings. The van der Waals surface area contributed by atoms with E-state index in [1.165, 1.54) is 5.56 Å². The second kappa shape index (κ2) is 11.8. The van der Waals surface area contributed by atoms with Gasteiger partial charge in [0.25, 0.3) is 0 Å². The molecule has 0 radical (unpaired) electrons. The van der Waals surface area contributed by atoms with Crippen LogP contribution in [0.15, 0.2) is 53.5 Å². The van der Waals surface area contributed by atoms with Gasteiger partial charge in [0, 0.05) is 26.7 Å². The van der Waals surface area contributed by atoms with Gasteiger partial charge in [-0.15, -0.1) is 0 Å². The lowest BCUT2D eigenvalue weighted by Gasteiger charge is -2.12. The fourth-order valence-corrected chi connectivity index (χ4v) is 2.44. The van der Waals surface area contributed by atoms with Crippen LogP contribution >= 0.6 is 0 Å². The van der Waals surface area contributed by atoms with Crippen LogP contribution in [0, 0.1) is 0 Å². The van der Waals surface area contributed by atoms with Crippen LogP contribution in [0.4, 0.5) is 0 Å². The van der Waals surface area contributed by atoms with Gasteiger partial charge in [0.05, 0.1) is 20.8 Å². The Morgan fingerprint density at radius 2 is 1.44 bits per heavy atom. The molecule has 27 heavy (non-hydrogen) atoms. The molecule has 0 fully saturated rings. The number of hydrogen-bond donors (Lipinski definition) is 2. The molecule has 2 rings (SSSR count). The fourth-order valence-electron chi connectivity index (χ4n) is 2.44. The highest BCUT2D eigenvalue weighted by atomic mass is 16.5. The Labute approximate surface area is 161 Å². The van der Waals surface area contributed by atoms with E-state index in [0.717, 1.165) is 36.0 Å². The van der Waals surface area contributed by atoms with Crippen molar-refractivity contribution in [2.24, 2.45) is 4.99 Å². The highest BCUT2D eigenvalue weighted by Gasteiger charge is 2.00. The summed E-state index contributed by atoms with van der Waals surface area (Å²) in [6.07, 6.45) is 0.902. The number of rotatable bonds is 10. The molecule has 0 heterocycles. The normalized spacial score (nSPS) is 11.1. The maximum atomic E-state index is 5.71. The van der Waals surface area contributed by atoms with Crippen LogP contribution in [-0.2, 0) is 17.9 Å². The Balaban J connectivity index is 1.58. The minimum Gasteiger partial charge on any atom is -0.497 e. The molecule has 0 amide bonds. The van der Waals surface area contributed by atoms with E-state index in [4.69, 9.17) is 14.2 Å². The summed E-state index contributed by atoms with van der Waals surface area (Å²) >= 11 is 0. The molecule has 2 N–H and O–H groups in total. The minimum atomic E-state index is 0.606. The van der Waals surface area contributed by atoms with Gasteiger partial charge in [-0.1, -0.05) is 24.3 Å². The maximum absolute atomic E-state index is 5.71. The largest absolute Gasteiger partial charge is 0.497 e. The Kier molecular flexibility index (Phi) is 9.00. The average molecular weight is 371 g/mol. The van der Waals surface area contributed by atoms with Gasteiger partial charge in [-0.25, -0.2) is 0 Å². The van der Waals surface area contributed by atoms with E-state index >= 15 is 0 Å². The summed E-state index contributed by atoms with van der Waals surface area (Å²) in [6, 6.07) is 15.9. The van der Waals surface area contributed by atoms with Crippen LogP contribution in [0.5, 0.6) is 11.5 Å². The predicted molar refractivity (Wildman–Crippen MR) is 108 cm³/mol. The van der Waals surface area contributed by atoms with Crippen molar-refractivity contribution in [3.63, 3.8) is 0 Å². The van der Waals surface area contributed by atoms with Crippen molar-refractivity contribution >= 4 is 5.96 Å². The summed E-state index contributed by atoms with van der Waals surface area (Å²) in [4.78, 5) is 4.24. The zero-order chi connectivity index (χ0) is 19.3. The van der Waals surface area contributed by atoms with Crippen molar-refractivity contribution in [2.45, 2.75) is 19.6 Å². The van der Waals surface area contributed by atoms with Crippen LogP contribution in [0.2, 0.25) is 0 Å². The van der Waals surface area contributed by atoms with Gasteiger partial charge in [0.15, 0.2) is 5.96 Å². The molecule has 0 atom stereocenters. The number of nitrogens with zero attached hydrogens (tertiary/aromatic N) is 1. The van der Waals surface area contributed by atoms with Gasteiger partial charge in [0.2, 0.25) is 0 Å². The monoisotopic (exact) mass is 371 g/mol. The van der Waals surface area contributed by atoms with Crippen LogP contribution in [-0.4, -0.2) is 40.4 Å². The first kappa shape index (κ1) is 20.6. The molecule has 0 aliphatic heterocycles. The van der Waals surface area contributed by atoms with Crippen molar-refractivity contribution in [1.29, 1.82) is 0 Å². The number of hydrogen-bond acceptors (Lipinski definition) is 4. The zero-order valence-corrected chi connectivity index (χ0v) is 16.3. The smallest absolute Gasteiger partial charge is 0.191 e. The molecule has 0 aliphatic carbocycles. The lowest BCUT2D eigenvalue weighted by atomic mass is 10.2. The third kappa shape index (κ3) is 7.58. The highest BCUT2D eigenvalue weighted by Crippen LogP contribution is 2.12. The van der Waals surface area contributed by atoms with E-state index in [2.05, 4.69) is 15.6 Å². The summed E-state index contributed by atoms with van der Waals surface area (Å²) in [5, 5.41) is 6.59. The molecule has 6 nitrogen and oxygen atoms in total. The Bertz CT molecular complexity index is 685. The van der Waals surface area contributed by atoms with E-state index in [1.807, 2.05) is 48.5 Å². The summed E-state index contributed by atoms with van der Waals surface area (Å²) in [5.41, 5.74) is 2.31. The second-order valence-electron chi connectivity index (χ2n) is 5.95. The molecule has 6 heteroatoms. The van der Waals surface area contributed by atoms with Crippen LogP contribution < -0.4 is 20.1 Å². The number of guanidine groups is 1. The number of ether oxygens (including phenoxy) is 3. The molecule has 0 aromatic heterocycles. The topological polar surface area (TPSA) is 64.1 Å². The Morgan fingerprint density at radius 3 is 2.00 bits per heavy atom. The molecular formula is C21H29N3O3. The molecule has 0 saturated heterocycles. The van der Waals surface area contributed by atoms with E-state index in [-0.39, 0.29) is 0 Å². The number of aliphatic imine (C=N–C) groups is 1. The first-order valence-corrected chi connectivity index (χ1v) is 9.03. The molecular weight excluding hydrogens is 342 g/mol. The van der Waals surface area contributed by atoms with Crippen molar-refractivity contribution in [1.82, 2.24) is 10.6 Å². The first-order valence-electron chi connectivity index (χ1n) is 9.03. The van der Waals surface area contributed by atoms with Crippen molar-refractivity contribution in [3.8, 4) is 11.5 Å². The number of benzene rings is 2. The van der Waals surface area contributed by atoms with E-state index in [9.17, 15) is 0 Å². The SMILES string of the molecule is CN=C(NCCCOCc1ccc(OC)cc1)NCc1ccc(OC)cc1. The highest BCUT2D eigenvalue weighted by molar-refractivity contribution is 5.79. The molecule has 0 aliphatic rings. The van der Waals surface area contributed by atoms with Gasteiger partial charge < -0.3 is 24.8 Å². The zero-order valence-electron chi connectivity index (χ0n) is 16.3. The molecule has 0 unspecified atom stereocenters. The van der Waals surface area contributed by atoms with Crippen LogP contribution in [0.25, 0.3) is 0 Å². The Hall–Kier alpha value is -2.73. The lowest BCUT2D eigenvalue weighted by molar-refractivity contribution is 0.119. The van der Waals surface area contributed by atoms with Crippen molar-refractivity contribution in [3.05, 3.63) is 59.7 Å². The van der Waals surface area contributed by atoms with Crippen LogP contribution in [0.3, 0.4) is 0 Å². The Morgan fingerprint density at radius 1 is 0.852 bits per heavy atom. The second-order valence-corrected chi connectivity index (χ2v) is 5.95. The van der Waals surface area contributed by atoms with Gasteiger partial charge >= 0.3 is 0 Å². The molecule has 0 bridgehead atoms. The van der Waals surface area contributed by atoms with Gasteiger partial charge in [0.1, 0.15) is 11.5 Å². The third-order valence-electron chi connectivity index (χ3n) is 4.03. The summed E-state index contributed by atoms with van der Waals surface area (Å²) < 4.78 is 16.0. The van der Waals surface area contributed by atoms with Gasteiger partial charge in [-0.3, -0.25) is 4.99 Å². The van der Waals surface area contributed by atoms with Crippen molar-refractivity contribution < 1.29 is 14.2 Å². The lowest BCUT2D eigenvalue weighted by Crippen LogP contribution is -2.37. The summed E-state index contributed by atoms with van der Waals surface area (Å²) in [5.74, 6) is 2.49. The standard InChI is InChI=1S/C21H29N3O3/c1-22-21(24-15-17-5-9-19(25-2)10-6-17)23-13-4-14-27-16-18-7-11-20(26-3)12-8-18/h5-12H,4,13-16H2,1-3H3,(H2,22,23,24). The van der Waals surface area contributed by atoms with E-state index in [0.29, 0.717) is 19.8 Å². The summed E-state index contributed by atoms with van der Waals surface area (Å²) in [6.45, 7) is 2.80. The van der Waals surface area contributed by atoms with Crippen LogP contribution in [0.1, 0.15) is 17.5 Å². The molecule has 2 aromatic carbocycles.